The Morgan fingerprint density at radius 3 is 2.15 bits per heavy atom. The Balaban J connectivity index is 0.00000504. The van der Waals surface area contributed by atoms with Crippen LogP contribution in [0.3, 0.4) is 0 Å². The first-order chi connectivity index (χ1) is 24.3. The van der Waals surface area contributed by atoms with Crippen molar-refractivity contribution in [1.82, 2.24) is 4.90 Å². The molecular formula is C46H85Cl2N3O3. The van der Waals surface area contributed by atoms with Crippen LogP contribution in [-0.2, 0) is 14.3 Å². The molecule has 8 heteroatoms. The molecule has 6 nitrogen and oxygen atoms in total. The largest absolute Gasteiger partial charge is 0.462 e. The maximum Gasteiger partial charge on any atom is 0.306 e. The van der Waals surface area contributed by atoms with Gasteiger partial charge in [-0.3, -0.25) is 9.59 Å². The van der Waals surface area contributed by atoms with Crippen LogP contribution in [0.15, 0.2) is 11.6 Å². The number of halogens is 2. The summed E-state index contributed by atoms with van der Waals surface area (Å²) in [4.78, 5) is 28.5. The van der Waals surface area contributed by atoms with Crippen molar-refractivity contribution in [3.05, 3.63) is 11.6 Å². The Labute approximate surface area is 345 Å². The molecule has 0 bridgehead atoms. The van der Waals surface area contributed by atoms with Gasteiger partial charge in [0.25, 0.3) is 0 Å². The molecule has 3 fully saturated rings. The first-order valence-electron chi connectivity index (χ1n) is 22.1. The highest BCUT2D eigenvalue weighted by atomic mass is 35.5. The third kappa shape index (κ3) is 13.6. The number of fused-ring (bicyclic) bond motifs is 5. The Hall–Kier alpha value is -0.820. The Morgan fingerprint density at radius 1 is 0.815 bits per heavy atom. The lowest BCUT2D eigenvalue weighted by Gasteiger charge is -2.58. The summed E-state index contributed by atoms with van der Waals surface area (Å²) in [7, 11) is 0. The van der Waals surface area contributed by atoms with E-state index in [1.54, 1.807) is 5.57 Å². The van der Waals surface area contributed by atoms with E-state index in [0.29, 0.717) is 12.0 Å². The summed E-state index contributed by atoms with van der Waals surface area (Å²) in [5.41, 5.74) is 14.3. The summed E-state index contributed by atoms with van der Waals surface area (Å²) in [6.45, 7) is 22.1. The first-order valence-corrected chi connectivity index (χ1v) is 22.1. The van der Waals surface area contributed by atoms with Crippen molar-refractivity contribution in [3.8, 4) is 0 Å². The lowest BCUT2D eigenvalue weighted by Crippen LogP contribution is -2.51. The van der Waals surface area contributed by atoms with Crippen LogP contribution < -0.4 is 11.5 Å². The lowest BCUT2D eigenvalue weighted by molar-refractivity contribution is -0.153. The SMILES string of the molecule is CC(C)CCC[C@@H](C)[C@H]1CC[C@H]2[C@@H]3CC=C4C[C@@H](OC(=O)CCC(=O)N(CCCCCCCC(C)(C)N)CCC(C)(C)N)CC[C@]4(C)[C@H]3CC[C@]12C.Cl.Cl. The number of ether oxygens (including phenoxy) is 1. The molecule has 0 aliphatic heterocycles. The van der Waals surface area contributed by atoms with E-state index in [1.807, 2.05) is 18.7 Å². The number of nitrogens with two attached hydrogens (primary N) is 2. The second kappa shape index (κ2) is 21.3. The highest BCUT2D eigenvalue weighted by molar-refractivity contribution is 5.85. The van der Waals surface area contributed by atoms with Gasteiger partial charge in [-0.25, -0.2) is 0 Å². The predicted octanol–water partition coefficient (Wildman–Crippen LogP) is 11.6. The Bertz CT molecular complexity index is 1190. The van der Waals surface area contributed by atoms with Gasteiger partial charge in [0.1, 0.15) is 6.10 Å². The fourth-order valence-electron chi connectivity index (χ4n) is 11.6. The topological polar surface area (TPSA) is 98.7 Å². The van der Waals surface area contributed by atoms with Crippen molar-refractivity contribution in [2.75, 3.05) is 13.1 Å². The predicted molar refractivity (Wildman–Crippen MR) is 232 cm³/mol. The minimum Gasteiger partial charge on any atom is -0.462 e. The van der Waals surface area contributed by atoms with Crippen LogP contribution in [-0.4, -0.2) is 47.0 Å². The minimum atomic E-state index is -0.335. The average molecular weight is 799 g/mol. The highest BCUT2D eigenvalue weighted by Gasteiger charge is 2.59. The summed E-state index contributed by atoms with van der Waals surface area (Å²) < 4.78 is 6.12. The molecule has 0 aromatic heterocycles. The van der Waals surface area contributed by atoms with Crippen molar-refractivity contribution in [2.24, 2.45) is 57.8 Å². The molecule has 3 saturated carbocycles. The van der Waals surface area contributed by atoms with Crippen LogP contribution in [0.1, 0.15) is 191 Å². The monoisotopic (exact) mass is 798 g/mol. The molecule has 4 N–H and O–H groups in total. The zero-order valence-electron chi connectivity index (χ0n) is 36.3. The van der Waals surface area contributed by atoms with Gasteiger partial charge in [-0.2, -0.15) is 0 Å². The Kier molecular flexibility index (Phi) is 19.4. The van der Waals surface area contributed by atoms with Crippen molar-refractivity contribution >= 4 is 36.7 Å². The second-order valence-electron chi connectivity index (χ2n) is 20.8. The number of allylic oxidation sites excluding steroid dienone is 1. The van der Waals surface area contributed by atoms with Crippen LogP contribution in [0, 0.1) is 46.3 Å². The van der Waals surface area contributed by atoms with Crippen molar-refractivity contribution in [1.29, 1.82) is 0 Å². The van der Waals surface area contributed by atoms with Gasteiger partial charge in [0.2, 0.25) is 5.91 Å². The van der Waals surface area contributed by atoms with Crippen molar-refractivity contribution < 1.29 is 14.3 Å². The first kappa shape index (κ1) is 49.3. The molecule has 0 heterocycles. The zero-order chi connectivity index (χ0) is 38.3. The number of carbonyl (C=O) groups excluding carboxylic acids is 2. The summed E-state index contributed by atoms with van der Waals surface area (Å²) in [6.07, 6.45) is 24.1. The molecule has 4 rings (SSSR count). The number of amides is 1. The number of hydrogen-bond donors (Lipinski definition) is 2. The third-order valence-corrected chi connectivity index (χ3v) is 14.7. The second-order valence-corrected chi connectivity index (χ2v) is 20.8. The molecule has 0 aromatic carbocycles. The lowest BCUT2D eigenvalue weighted by atomic mass is 9.47. The molecule has 0 saturated heterocycles. The number of carbonyl (C=O) groups is 2. The van der Waals surface area contributed by atoms with Gasteiger partial charge in [-0.05, 0) is 138 Å². The fraction of sp³-hybridized carbons (Fsp3) is 0.913. The number of esters is 1. The zero-order valence-corrected chi connectivity index (χ0v) is 38.0. The van der Waals surface area contributed by atoms with Crippen LogP contribution in [0.25, 0.3) is 0 Å². The molecule has 316 valence electrons. The molecular weight excluding hydrogens is 713 g/mol. The van der Waals surface area contributed by atoms with E-state index < -0.39 is 0 Å². The number of rotatable bonds is 20. The third-order valence-electron chi connectivity index (χ3n) is 14.7. The van der Waals surface area contributed by atoms with E-state index >= 15 is 0 Å². The van der Waals surface area contributed by atoms with E-state index in [0.717, 1.165) is 99.8 Å². The van der Waals surface area contributed by atoms with Gasteiger partial charge in [0.05, 0.1) is 6.42 Å². The van der Waals surface area contributed by atoms with E-state index in [2.05, 4.69) is 54.5 Å². The minimum absolute atomic E-state index is 0. The summed E-state index contributed by atoms with van der Waals surface area (Å²) in [5, 5.41) is 0. The summed E-state index contributed by atoms with van der Waals surface area (Å²) in [6, 6.07) is 0. The number of hydrogen-bond acceptors (Lipinski definition) is 5. The number of nitrogens with zero attached hydrogens (tertiary/aromatic N) is 1. The highest BCUT2D eigenvalue weighted by Crippen LogP contribution is 2.67. The van der Waals surface area contributed by atoms with Crippen molar-refractivity contribution in [3.63, 3.8) is 0 Å². The summed E-state index contributed by atoms with van der Waals surface area (Å²) >= 11 is 0. The molecule has 4 aliphatic rings. The van der Waals surface area contributed by atoms with Crippen molar-refractivity contribution in [2.45, 2.75) is 208 Å². The van der Waals surface area contributed by atoms with Gasteiger partial charge in [0.15, 0.2) is 0 Å². The van der Waals surface area contributed by atoms with Crippen LogP contribution in [0.4, 0.5) is 0 Å². The van der Waals surface area contributed by atoms with E-state index in [4.69, 9.17) is 16.2 Å². The number of unbranched alkanes of at least 4 members (excludes halogenated alkanes) is 4. The van der Waals surface area contributed by atoms with Crippen LogP contribution in [0.5, 0.6) is 0 Å². The molecule has 0 unspecified atom stereocenters. The molecule has 4 aliphatic carbocycles. The molecule has 1 amide bonds. The van der Waals surface area contributed by atoms with Gasteiger partial charge in [0, 0.05) is 37.0 Å². The van der Waals surface area contributed by atoms with Crippen LogP contribution in [0.2, 0.25) is 0 Å². The normalized spacial score (nSPS) is 29.9. The van der Waals surface area contributed by atoms with Gasteiger partial charge in [-0.1, -0.05) is 91.2 Å². The quantitative estimate of drug-likeness (QED) is 0.0726. The maximum absolute atomic E-state index is 13.4. The van der Waals surface area contributed by atoms with Gasteiger partial charge < -0.3 is 21.1 Å². The van der Waals surface area contributed by atoms with Gasteiger partial charge in [-0.15, -0.1) is 24.8 Å². The van der Waals surface area contributed by atoms with E-state index in [9.17, 15) is 9.59 Å². The van der Waals surface area contributed by atoms with E-state index in [1.165, 1.54) is 57.8 Å². The Morgan fingerprint density at radius 2 is 1.48 bits per heavy atom. The van der Waals surface area contributed by atoms with E-state index in [-0.39, 0.29) is 72.1 Å². The molecule has 0 aromatic rings. The standard InChI is InChI=1S/C46H83N3O3.2ClH/c1-33(2)16-15-17-34(3)38-20-21-39-37-19-18-35-32-36(24-27-45(35,8)40(37)25-28-46(38,39)9)52-42(51)23-22-41(50)49(31-29-44(6,7)48)30-14-12-10-11-13-26-43(4,5)47;;/h18,33-34,36-40H,10-17,19-32,47-48H2,1-9H3;2*1H/t34-,36+,37+,38-,39+,40+,45+,46-;;/m1../s1. The molecule has 0 spiro atoms. The fourth-order valence-corrected chi connectivity index (χ4v) is 11.6. The maximum atomic E-state index is 13.4. The molecule has 0 radical (unpaired) electrons. The van der Waals surface area contributed by atoms with Crippen LogP contribution >= 0.6 is 24.8 Å². The summed E-state index contributed by atoms with van der Waals surface area (Å²) in [5.74, 6) is 4.79. The smallest absolute Gasteiger partial charge is 0.306 e. The molecule has 8 atom stereocenters. The molecule has 54 heavy (non-hydrogen) atoms. The van der Waals surface area contributed by atoms with Gasteiger partial charge >= 0.3 is 5.97 Å². The average Bonchev–Trinajstić information content (AvgIpc) is 3.41.